The maximum absolute atomic E-state index is 12.2. The lowest BCUT2D eigenvalue weighted by Gasteiger charge is -2.10. The first-order valence-electron chi connectivity index (χ1n) is 8.93. The van der Waals surface area contributed by atoms with Crippen LogP contribution in [0.3, 0.4) is 0 Å². The fourth-order valence-electron chi connectivity index (χ4n) is 2.52. The number of nitrogens with one attached hydrogen (secondary N) is 2. The quantitative estimate of drug-likeness (QED) is 0.569. The van der Waals surface area contributed by atoms with Crippen LogP contribution >= 0.6 is 0 Å². The van der Waals surface area contributed by atoms with Gasteiger partial charge in [-0.25, -0.2) is 0 Å². The normalized spacial score (nSPS) is 10.4. The van der Waals surface area contributed by atoms with Gasteiger partial charge in [0.15, 0.2) is 6.61 Å². The Morgan fingerprint density at radius 1 is 0.800 bits per heavy atom. The third-order valence-corrected chi connectivity index (χ3v) is 3.86. The van der Waals surface area contributed by atoms with Crippen LogP contribution in [0.1, 0.15) is 10.4 Å². The lowest BCUT2D eigenvalue weighted by atomic mass is 10.2. The summed E-state index contributed by atoms with van der Waals surface area (Å²) in [7, 11) is 0. The lowest BCUT2D eigenvalue weighted by molar-refractivity contribution is -0.118. The van der Waals surface area contributed by atoms with Crippen molar-refractivity contribution in [2.75, 3.05) is 17.2 Å². The van der Waals surface area contributed by atoms with E-state index in [4.69, 9.17) is 4.74 Å². The molecule has 3 aromatic rings. The zero-order valence-corrected chi connectivity index (χ0v) is 15.7. The lowest BCUT2D eigenvalue weighted by Crippen LogP contribution is -2.20. The summed E-state index contributed by atoms with van der Waals surface area (Å²) in [5.74, 6) is -0.300. The van der Waals surface area contributed by atoms with Crippen LogP contribution in [0.4, 0.5) is 20.2 Å². The highest BCUT2D eigenvalue weighted by molar-refractivity contribution is 6.04. The monoisotopic (exact) mass is 412 g/mol. The molecular formula is C22H18F2N2O4. The number of ether oxygens (including phenoxy) is 2. The minimum absolute atomic E-state index is 0.00591. The van der Waals surface area contributed by atoms with E-state index in [1.807, 2.05) is 6.07 Å². The van der Waals surface area contributed by atoms with Gasteiger partial charge in [0.05, 0.1) is 0 Å². The van der Waals surface area contributed by atoms with Gasteiger partial charge in [0.1, 0.15) is 11.5 Å². The zero-order chi connectivity index (χ0) is 21.3. The van der Waals surface area contributed by atoms with Crippen LogP contribution in [0.25, 0.3) is 0 Å². The van der Waals surface area contributed by atoms with E-state index in [9.17, 15) is 18.4 Å². The highest BCUT2D eigenvalue weighted by Crippen LogP contribution is 2.19. The van der Waals surface area contributed by atoms with E-state index >= 15 is 0 Å². The summed E-state index contributed by atoms with van der Waals surface area (Å²) in [4.78, 5) is 24.3. The molecule has 0 aliphatic carbocycles. The van der Waals surface area contributed by atoms with Crippen molar-refractivity contribution in [2.24, 2.45) is 0 Å². The Hall–Kier alpha value is -3.94. The van der Waals surface area contributed by atoms with Crippen LogP contribution in [0.15, 0.2) is 78.9 Å². The first kappa shape index (κ1) is 20.8. The number of benzene rings is 3. The van der Waals surface area contributed by atoms with Gasteiger partial charge in [-0.15, -0.1) is 0 Å². The molecule has 6 nitrogen and oxygen atoms in total. The van der Waals surface area contributed by atoms with Crippen molar-refractivity contribution < 1.29 is 27.8 Å². The molecule has 0 aromatic heterocycles. The second kappa shape index (κ2) is 10.0. The number of carbonyl (C=O) groups excluding carboxylic acids is 2. The molecule has 8 heteroatoms. The number of hydrogen-bond acceptors (Lipinski definition) is 4. The summed E-state index contributed by atoms with van der Waals surface area (Å²) < 4.78 is 34.0. The Bertz CT molecular complexity index is 996. The van der Waals surface area contributed by atoms with Crippen molar-refractivity contribution in [3.05, 3.63) is 84.4 Å². The minimum atomic E-state index is -2.91. The second-order valence-electron chi connectivity index (χ2n) is 6.09. The van der Waals surface area contributed by atoms with Crippen molar-refractivity contribution in [3.63, 3.8) is 0 Å². The van der Waals surface area contributed by atoms with Gasteiger partial charge in [-0.3, -0.25) is 9.59 Å². The van der Waals surface area contributed by atoms with Crippen LogP contribution in [0.2, 0.25) is 0 Å². The van der Waals surface area contributed by atoms with Crippen molar-refractivity contribution >= 4 is 23.2 Å². The third-order valence-electron chi connectivity index (χ3n) is 3.86. The molecule has 30 heavy (non-hydrogen) atoms. The maximum atomic E-state index is 12.2. The molecule has 0 aliphatic heterocycles. The van der Waals surface area contributed by atoms with Crippen LogP contribution in [-0.4, -0.2) is 25.0 Å². The standard InChI is InChI=1S/C22H18F2N2O4/c23-22(24)30-18-11-9-16(10-12-18)25-20(27)14-29-19-8-4-7-17(13-19)26-21(28)15-5-2-1-3-6-15/h1-13,22H,14H2,(H,25,27)(H,26,28). The SMILES string of the molecule is O=C(COc1cccc(NC(=O)c2ccccc2)c1)Nc1ccc(OC(F)F)cc1. The number of amides is 2. The zero-order valence-electron chi connectivity index (χ0n) is 15.7. The summed E-state index contributed by atoms with van der Waals surface area (Å²) in [5, 5.41) is 5.34. The molecule has 154 valence electrons. The van der Waals surface area contributed by atoms with Crippen LogP contribution < -0.4 is 20.1 Å². The molecule has 2 N–H and O–H groups in total. The summed E-state index contributed by atoms with van der Waals surface area (Å²) in [5.41, 5.74) is 1.46. The molecular weight excluding hydrogens is 394 g/mol. The second-order valence-corrected chi connectivity index (χ2v) is 6.09. The van der Waals surface area contributed by atoms with E-state index in [2.05, 4.69) is 15.4 Å². The van der Waals surface area contributed by atoms with Crippen LogP contribution in [0, 0.1) is 0 Å². The Morgan fingerprint density at radius 3 is 2.23 bits per heavy atom. The highest BCUT2D eigenvalue weighted by Gasteiger charge is 2.08. The average Bonchev–Trinajstić information content (AvgIpc) is 2.74. The molecule has 0 spiro atoms. The Balaban J connectivity index is 1.51. The summed E-state index contributed by atoms with van der Waals surface area (Å²) in [6.07, 6.45) is 0. The fraction of sp³-hybridized carbons (Fsp3) is 0.0909. The van der Waals surface area contributed by atoms with Gasteiger partial charge in [0, 0.05) is 23.0 Å². The van der Waals surface area contributed by atoms with Crippen molar-refractivity contribution in [3.8, 4) is 11.5 Å². The number of rotatable bonds is 8. The Labute approximate surface area is 171 Å². The van der Waals surface area contributed by atoms with Gasteiger partial charge in [-0.2, -0.15) is 8.78 Å². The average molecular weight is 412 g/mol. The number of alkyl halides is 2. The van der Waals surface area contributed by atoms with Gasteiger partial charge < -0.3 is 20.1 Å². The maximum Gasteiger partial charge on any atom is 0.387 e. The first-order chi connectivity index (χ1) is 14.5. The molecule has 0 atom stereocenters. The van der Waals surface area contributed by atoms with E-state index in [1.54, 1.807) is 48.5 Å². The van der Waals surface area contributed by atoms with Crippen molar-refractivity contribution in [1.29, 1.82) is 0 Å². The molecule has 0 radical (unpaired) electrons. The number of carbonyl (C=O) groups is 2. The van der Waals surface area contributed by atoms with E-state index in [0.29, 0.717) is 22.7 Å². The molecule has 0 saturated heterocycles. The molecule has 0 fully saturated rings. The third kappa shape index (κ3) is 6.30. The molecule has 0 heterocycles. The predicted octanol–water partition coefficient (Wildman–Crippen LogP) is 4.56. The van der Waals surface area contributed by atoms with Gasteiger partial charge in [-0.05, 0) is 48.5 Å². The topological polar surface area (TPSA) is 76.7 Å². The van der Waals surface area contributed by atoms with Gasteiger partial charge >= 0.3 is 6.61 Å². The molecule has 0 unspecified atom stereocenters. The van der Waals surface area contributed by atoms with E-state index < -0.39 is 12.5 Å². The summed E-state index contributed by atoms with van der Waals surface area (Å²) >= 11 is 0. The summed E-state index contributed by atoms with van der Waals surface area (Å²) in [6.45, 7) is -3.18. The fourth-order valence-corrected chi connectivity index (χ4v) is 2.52. The largest absolute Gasteiger partial charge is 0.484 e. The first-order valence-corrected chi connectivity index (χ1v) is 8.93. The van der Waals surface area contributed by atoms with Crippen LogP contribution in [-0.2, 0) is 4.79 Å². The van der Waals surface area contributed by atoms with Gasteiger partial charge in [-0.1, -0.05) is 24.3 Å². The summed E-state index contributed by atoms with van der Waals surface area (Å²) in [6, 6.07) is 20.9. The highest BCUT2D eigenvalue weighted by atomic mass is 19.3. The van der Waals surface area contributed by atoms with E-state index in [1.165, 1.54) is 24.3 Å². The molecule has 0 bridgehead atoms. The Morgan fingerprint density at radius 2 is 1.53 bits per heavy atom. The van der Waals surface area contributed by atoms with Crippen molar-refractivity contribution in [2.45, 2.75) is 6.61 Å². The van der Waals surface area contributed by atoms with Gasteiger partial charge in [0.25, 0.3) is 11.8 Å². The van der Waals surface area contributed by atoms with Crippen LogP contribution in [0.5, 0.6) is 11.5 Å². The number of anilines is 2. The van der Waals surface area contributed by atoms with E-state index in [0.717, 1.165) is 0 Å². The Kier molecular flexibility index (Phi) is 6.94. The smallest absolute Gasteiger partial charge is 0.387 e. The van der Waals surface area contributed by atoms with Crippen molar-refractivity contribution in [1.82, 2.24) is 0 Å². The molecule has 3 rings (SSSR count). The van der Waals surface area contributed by atoms with Gasteiger partial charge in [0.2, 0.25) is 0 Å². The molecule has 3 aromatic carbocycles. The molecule has 2 amide bonds. The van der Waals surface area contributed by atoms with E-state index in [-0.39, 0.29) is 18.3 Å². The molecule has 0 aliphatic rings. The number of hydrogen-bond donors (Lipinski definition) is 2. The number of halogens is 2. The minimum Gasteiger partial charge on any atom is -0.484 e. The molecule has 0 saturated carbocycles. The predicted molar refractivity (Wildman–Crippen MR) is 108 cm³/mol.